The first-order valence-corrected chi connectivity index (χ1v) is 7.86. The molecule has 3 N–H and O–H groups in total. The number of benzene rings is 2. The van der Waals surface area contributed by atoms with E-state index in [1.807, 2.05) is 48.5 Å². The monoisotopic (exact) mass is 368 g/mol. The number of hydrogen-bond acceptors (Lipinski definition) is 3. The molecule has 0 heterocycles. The number of amides is 1. The molecule has 130 valence electrons. The number of hydrogen-bond donors (Lipinski definition) is 2. The van der Waals surface area contributed by atoms with Gasteiger partial charge in [0.2, 0.25) is 5.91 Å². The molecule has 0 bridgehead atoms. The van der Waals surface area contributed by atoms with Gasteiger partial charge >= 0.3 is 0 Å². The van der Waals surface area contributed by atoms with E-state index in [0.29, 0.717) is 24.4 Å². The molecule has 0 spiro atoms. The van der Waals surface area contributed by atoms with E-state index >= 15 is 0 Å². The van der Waals surface area contributed by atoms with Gasteiger partial charge < -0.3 is 15.8 Å². The average molecular weight is 369 g/mol. The second-order valence-corrected chi connectivity index (χ2v) is 5.72. The number of nitrogens with two attached hydrogens (primary N) is 1. The minimum atomic E-state index is -0.196. The molecular weight excluding hydrogens is 347 g/mol. The van der Waals surface area contributed by atoms with Crippen LogP contribution in [-0.2, 0) is 16.0 Å². The number of methoxy groups -OCH3 is 1. The van der Waals surface area contributed by atoms with Gasteiger partial charge in [-0.25, -0.2) is 0 Å². The summed E-state index contributed by atoms with van der Waals surface area (Å²) in [7, 11) is 1.62. The van der Waals surface area contributed by atoms with Crippen LogP contribution in [-0.4, -0.2) is 19.6 Å². The first-order chi connectivity index (χ1) is 11.1. The zero-order valence-corrected chi connectivity index (χ0v) is 15.1. The Labute approximate surface area is 153 Å². The van der Waals surface area contributed by atoms with E-state index in [1.54, 1.807) is 7.11 Å². The second kappa shape index (κ2) is 10.2. The van der Waals surface area contributed by atoms with Crippen molar-refractivity contribution in [3.05, 3.63) is 64.7 Å². The van der Waals surface area contributed by atoms with Crippen molar-refractivity contribution < 1.29 is 9.53 Å². The van der Waals surface area contributed by atoms with Crippen LogP contribution in [0.3, 0.4) is 0 Å². The minimum Gasteiger partial charge on any atom is -0.399 e. The van der Waals surface area contributed by atoms with Crippen LogP contribution in [0.1, 0.15) is 23.7 Å². The topological polar surface area (TPSA) is 64.3 Å². The number of nitrogens with one attached hydrogen (secondary N) is 1. The lowest BCUT2D eigenvalue weighted by Crippen LogP contribution is -2.29. The number of carbonyl (C=O) groups is 1. The van der Waals surface area contributed by atoms with E-state index in [0.717, 1.165) is 16.8 Å². The molecule has 1 amide bonds. The second-order valence-electron chi connectivity index (χ2n) is 5.28. The van der Waals surface area contributed by atoms with Gasteiger partial charge in [-0.1, -0.05) is 41.9 Å². The summed E-state index contributed by atoms with van der Waals surface area (Å²) in [6.45, 7) is 0.418. The van der Waals surface area contributed by atoms with Gasteiger partial charge in [0, 0.05) is 30.8 Å². The molecule has 1 atom stereocenters. The maximum atomic E-state index is 12.0. The molecule has 0 saturated carbocycles. The Hall–Kier alpha value is -1.75. The highest BCUT2D eigenvalue weighted by Crippen LogP contribution is 2.18. The molecule has 0 aromatic heterocycles. The number of aryl methyl sites for hydroxylation is 1. The fourth-order valence-electron chi connectivity index (χ4n) is 2.32. The summed E-state index contributed by atoms with van der Waals surface area (Å²) in [5.41, 5.74) is 8.56. The van der Waals surface area contributed by atoms with Crippen molar-refractivity contribution >= 4 is 35.6 Å². The van der Waals surface area contributed by atoms with E-state index in [9.17, 15) is 4.79 Å². The van der Waals surface area contributed by atoms with Gasteiger partial charge in [-0.15, -0.1) is 12.4 Å². The number of carbonyl (C=O) groups excluding carboxylic acids is 1. The lowest BCUT2D eigenvalue weighted by Gasteiger charge is -2.16. The van der Waals surface area contributed by atoms with Crippen LogP contribution in [0.4, 0.5) is 5.69 Å². The van der Waals surface area contributed by atoms with Crippen LogP contribution in [0, 0.1) is 0 Å². The molecule has 1 unspecified atom stereocenters. The fourth-order valence-corrected chi connectivity index (χ4v) is 2.45. The summed E-state index contributed by atoms with van der Waals surface area (Å²) >= 11 is 5.88. The zero-order valence-electron chi connectivity index (χ0n) is 13.5. The van der Waals surface area contributed by atoms with Crippen LogP contribution in [0.25, 0.3) is 0 Å². The van der Waals surface area contributed by atoms with E-state index in [4.69, 9.17) is 22.1 Å². The summed E-state index contributed by atoms with van der Waals surface area (Å²) in [5.74, 6) is -0.0238. The number of nitrogen functional groups attached to an aromatic ring is 1. The van der Waals surface area contributed by atoms with Crippen molar-refractivity contribution in [1.29, 1.82) is 0 Å². The lowest BCUT2D eigenvalue weighted by atomic mass is 10.1. The first-order valence-electron chi connectivity index (χ1n) is 7.48. The average Bonchev–Trinajstić information content (AvgIpc) is 2.56. The summed E-state index contributed by atoms with van der Waals surface area (Å²) in [5, 5.41) is 3.57. The molecule has 24 heavy (non-hydrogen) atoms. The van der Waals surface area contributed by atoms with Crippen LogP contribution in [0.5, 0.6) is 0 Å². The molecule has 0 aliphatic carbocycles. The molecular formula is C18H22Cl2N2O2. The maximum Gasteiger partial charge on any atom is 0.220 e. The normalized spacial score (nSPS) is 11.4. The molecule has 2 aromatic carbocycles. The molecule has 0 aliphatic rings. The number of halogens is 2. The highest BCUT2D eigenvalue weighted by atomic mass is 35.5. The Balaban J connectivity index is 0.00000288. The smallest absolute Gasteiger partial charge is 0.220 e. The van der Waals surface area contributed by atoms with Gasteiger partial charge in [0.15, 0.2) is 0 Å². The number of ether oxygens (including phenoxy) is 1. The highest BCUT2D eigenvalue weighted by molar-refractivity contribution is 6.30. The molecule has 0 saturated heterocycles. The predicted molar refractivity (Wildman–Crippen MR) is 101 cm³/mol. The SMILES string of the molecule is COC(CNC(=O)CCc1ccccc1N)c1ccc(Cl)cc1.Cl. The standard InChI is InChI=1S/C18H21ClN2O2.ClH/c1-23-17(14-6-9-15(19)10-7-14)12-21-18(22)11-8-13-4-2-3-5-16(13)20;/h2-7,9-10,17H,8,11-12,20H2,1H3,(H,21,22);1H. The third-order valence-electron chi connectivity index (χ3n) is 3.69. The Morgan fingerprint density at radius 2 is 1.88 bits per heavy atom. The van der Waals surface area contributed by atoms with Crippen molar-refractivity contribution in [1.82, 2.24) is 5.32 Å². The lowest BCUT2D eigenvalue weighted by molar-refractivity contribution is -0.121. The van der Waals surface area contributed by atoms with Crippen molar-refractivity contribution in [2.24, 2.45) is 0 Å². The van der Waals surface area contributed by atoms with Crippen molar-refractivity contribution in [2.45, 2.75) is 18.9 Å². The van der Waals surface area contributed by atoms with Crippen molar-refractivity contribution in [3.8, 4) is 0 Å². The minimum absolute atomic E-state index is 0. The van der Waals surface area contributed by atoms with Crippen molar-refractivity contribution in [2.75, 3.05) is 19.4 Å². The van der Waals surface area contributed by atoms with E-state index in [2.05, 4.69) is 5.32 Å². The third-order valence-corrected chi connectivity index (χ3v) is 3.94. The zero-order chi connectivity index (χ0) is 16.7. The number of rotatable bonds is 7. The van der Waals surface area contributed by atoms with E-state index < -0.39 is 0 Å². The van der Waals surface area contributed by atoms with Gasteiger partial charge in [-0.05, 0) is 35.7 Å². The van der Waals surface area contributed by atoms with Crippen LogP contribution < -0.4 is 11.1 Å². The Kier molecular flexibility index (Phi) is 8.61. The quantitative estimate of drug-likeness (QED) is 0.730. The van der Waals surface area contributed by atoms with Crippen molar-refractivity contribution in [3.63, 3.8) is 0 Å². The summed E-state index contributed by atoms with van der Waals surface area (Å²) < 4.78 is 5.43. The van der Waals surface area contributed by atoms with Crippen LogP contribution in [0.2, 0.25) is 5.02 Å². The largest absolute Gasteiger partial charge is 0.399 e. The highest BCUT2D eigenvalue weighted by Gasteiger charge is 2.12. The summed E-state index contributed by atoms with van der Waals surface area (Å²) in [4.78, 5) is 12.0. The van der Waals surface area contributed by atoms with Crippen LogP contribution in [0.15, 0.2) is 48.5 Å². The molecule has 0 aliphatic heterocycles. The molecule has 0 fully saturated rings. The molecule has 2 aromatic rings. The maximum absolute atomic E-state index is 12.0. The van der Waals surface area contributed by atoms with Gasteiger partial charge in [-0.2, -0.15) is 0 Å². The molecule has 6 heteroatoms. The van der Waals surface area contributed by atoms with Gasteiger partial charge in [0.1, 0.15) is 0 Å². The van der Waals surface area contributed by atoms with Gasteiger partial charge in [0.05, 0.1) is 6.10 Å². The van der Waals surface area contributed by atoms with E-state index in [1.165, 1.54) is 0 Å². The Morgan fingerprint density at radius 3 is 2.50 bits per heavy atom. The molecule has 0 radical (unpaired) electrons. The van der Waals surface area contributed by atoms with Gasteiger partial charge in [0.25, 0.3) is 0 Å². The summed E-state index contributed by atoms with van der Waals surface area (Å²) in [6.07, 6.45) is 0.820. The Morgan fingerprint density at radius 1 is 1.21 bits per heavy atom. The molecule has 4 nitrogen and oxygen atoms in total. The Bertz CT molecular complexity index is 648. The third kappa shape index (κ3) is 6.04. The number of anilines is 1. The van der Waals surface area contributed by atoms with Gasteiger partial charge in [-0.3, -0.25) is 4.79 Å². The first kappa shape index (κ1) is 20.3. The predicted octanol–water partition coefficient (Wildman–Crippen LogP) is 3.78. The number of para-hydroxylation sites is 1. The van der Waals surface area contributed by atoms with Crippen LogP contribution >= 0.6 is 24.0 Å². The fraction of sp³-hybridized carbons (Fsp3) is 0.278. The molecule has 2 rings (SSSR count). The van der Waals surface area contributed by atoms with E-state index in [-0.39, 0.29) is 24.4 Å². The summed E-state index contributed by atoms with van der Waals surface area (Å²) in [6, 6.07) is 15.0.